The maximum absolute atomic E-state index is 10.7. The zero-order valence-corrected chi connectivity index (χ0v) is 14.7. The summed E-state index contributed by atoms with van der Waals surface area (Å²) in [6.07, 6.45) is 5.64. The average Bonchev–Trinajstić information content (AvgIpc) is 2.41. The predicted molar refractivity (Wildman–Crippen MR) is 90.7 cm³/mol. The van der Waals surface area contributed by atoms with Crippen LogP contribution >= 0.6 is 0 Å². The fourth-order valence-electron chi connectivity index (χ4n) is 4.58. The van der Waals surface area contributed by atoms with Crippen LogP contribution in [-0.4, -0.2) is 10.7 Å². The summed E-state index contributed by atoms with van der Waals surface area (Å²) in [5.74, 6) is 2.48. The second kappa shape index (κ2) is 5.18. The summed E-state index contributed by atoms with van der Waals surface area (Å²) < 4.78 is 6.43. The van der Waals surface area contributed by atoms with Gasteiger partial charge in [-0.1, -0.05) is 33.6 Å². The molecule has 22 heavy (non-hydrogen) atoms. The van der Waals surface area contributed by atoms with Crippen molar-refractivity contribution in [1.29, 1.82) is 0 Å². The first-order valence-corrected chi connectivity index (χ1v) is 8.83. The van der Waals surface area contributed by atoms with Crippen molar-refractivity contribution in [2.75, 3.05) is 0 Å². The van der Waals surface area contributed by atoms with Crippen LogP contribution in [0.15, 0.2) is 12.1 Å². The van der Waals surface area contributed by atoms with E-state index in [4.69, 9.17) is 4.74 Å². The zero-order valence-electron chi connectivity index (χ0n) is 14.7. The van der Waals surface area contributed by atoms with Crippen molar-refractivity contribution in [1.82, 2.24) is 0 Å². The minimum atomic E-state index is -0.192. The summed E-state index contributed by atoms with van der Waals surface area (Å²) in [6, 6.07) is 4.13. The van der Waals surface area contributed by atoms with E-state index in [1.165, 1.54) is 18.4 Å². The molecule has 0 spiro atoms. The van der Waals surface area contributed by atoms with Crippen molar-refractivity contribution >= 4 is 0 Å². The van der Waals surface area contributed by atoms with E-state index in [0.717, 1.165) is 36.5 Å². The summed E-state index contributed by atoms with van der Waals surface area (Å²) in [5, 5.41) is 10.7. The van der Waals surface area contributed by atoms with E-state index in [1.54, 1.807) is 0 Å². The monoisotopic (exact) mass is 302 g/mol. The predicted octanol–water partition coefficient (Wildman–Crippen LogP) is 5.43. The molecular formula is C20H30O2. The molecule has 1 saturated carbocycles. The van der Waals surface area contributed by atoms with Crippen LogP contribution in [0, 0.1) is 11.3 Å². The zero-order chi connectivity index (χ0) is 16.1. The highest BCUT2D eigenvalue weighted by Crippen LogP contribution is 2.62. The number of ether oxygens (including phenoxy) is 1. The molecule has 2 nitrogen and oxygen atoms in total. The molecule has 2 heteroatoms. The van der Waals surface area contributed by atoms with E-state index >= 15 is 0 Å². The maximum atomic E-state index is 10.7. The summed E-state index contributed by atoms with van der Waals surface area (Å²) in [7, 11) is 0. The van der Waals surface area contributed by atoms with Gasteiger partial charge in [-0.3, -0.25) is 0 Å². The first-order valence-electron chi connectivity index (χ1n) is 8.83. The van der Waals surface area contributed by atoms with Crippen molar-refractivity contribution in [3.63, 3.8) is 0 Å². The van der Waals surface area contributed by atoms with Crippen LogP contribution in [-0.2, 0) is 6.42 Å². The number of hydrogen-bond donors (Lipinski definition) is 1. The Morgan fingerprint density at radius 1 is 1.27 bits per heavy atom. The van der Waals surface area contributed by atoms with Crippen LogP contribution in [0.25, 0.3) is 0 Å². The Morgan fingerprint density at radius 2 is 2.00 bits per heavy atom. The fourth-order valence-corrected chi connectivity index (χ4v) is 4.58. The summed E-state index contributed by atoms with van der Waals surface area (Å²) in [6.45, 7) is 11.3. The highest BCUT2D eigenvalue weighted by molar-refractivity contribution is 5.52. The van der Waals surface area contributed by atoms with Gasteiger partial charge in [-0.15, -0.1) is 0 Å². The maximum Gasteiger partial charge on any atom is 0.127 e. The van der Waals surface area contributed by atoms with Gasteiger partial charge in [0, 0.05) is 16.9 Å². The number of aromatic hydroxyl groups is 1. The molecule has 1 heterocycles. The molecule has 0 bridgehead atoms. The SMILES string of the molecule is CCCc1cc(O)c2c(c1)OC(C)(C)[C@]1(C)CCC(C)C[C@@H]21. The third-order valence-corrected chi connectivity index (χ3v) is 6.37. The van der Waals surface area contributed by atoms with Crippen LogP contribution in [0.3, 0.4) is 0 Å². The molecule has 1 aromatic carbocycles. The lowest BCUT2D eigenvalue weighted by Gasteiger charge is -2.56. The molecule has 0 saturated heterocycles. The molecular weight excluding hydrogens is 272 g/mol. The lowest BCUT2D eigenvalue weighted by atomic mass is 9.54. The largest absolute Gasteiger partial charge is 0.508 e. The Hall–Kier alpha value is -1.18. The summed E-state index contributed by atoms with van der Waals surface area (Å²) in [4.78, 5) is 0. The molecule has 1 aliphatic heterocycles. The Labute approximate surface area is 134 Å². The second-order valence-corrected chi connectivity index (χ2v) is 8.24. The van der Waals surface area contributed by atoms with Crippen molar-refractivity contribution in [3.8, 4) is 11.5 Å². The molecule has 1 fully saturated rings. The topological polar surface area (TPSA) is 29.5 Å². The minimum absolute atomic E-state index is 0.0935. The molecule has 3 rings (SSSR count). The van der Waals surface area contributed by atoms with Gasteiger partial charge in [-0.05, 0) is 56.7 Å². The first kappa shape index (κ1) is 15.7. The van der Waals surface area contributed by atoms with Crippen LogP contribution < -0.4 is 4.74 Å². The highest BCUT2D eigenvalue weighted by atomic mass is 16.5. The number of aryl methyl sites for hydroxylation is 1. The van der Waals surface area contributed by atoms with Gasteiger partial charge in [0.05, 0.1) is 0 Å². The summed E-state index contributed by atoms with van der Waals surface area (Å²) in [5.41, 5.74) is 2.15. The Bertz CT molecular complexity index is 575. The molecule has 0 aromatic heterocycles. The van der Waals surface area contributed by atoms with Gasteiger partial charge in [0.1, 0.15) is 17.1 Å². The molecule has 0 amide bonds. The normalized spacial score (nSPS) is 32.8. The number of fused-ring (bicyclic) bond motifs is 3. The van der Waals surface area contributed by atoms with Crippen LogP contribution in [0.1, 0.15) is 77.3 Å². The lowest BCUT2D eigenvalue weighted by Crippen LogP contribution is -2.54. The molecule has 3 atom stereocenters. The van der Waals surface area contributed by atoms with Crippen molar-refractivity contribution in [3.05, 3.63) is 23.3 Å². The lowest BCUT2D eigenvalue weighted by molar-refractivity contribution is -0.0845. The number of benzene rings is 1. The minimum Gasteiger partial charge on any atom is -0.508 e. The standard InChI is InChI=1S/C20H30O2/c1-6-7-14-11-16(21)18-15-10-13(2)8-9-20(15,5)19(3,4)22-17(18)12-14/h11-13,15,21H,6-10H2,1-5H3/t13?,15-,20+/m0/s1. The van der Waals surface area contributed by atoms with E-state index in [0.29, 0.717) is 11.7 Å². The number of phenolic OH excluding ortho intramolecular Hbond substituents is 1. The Kier molecular flexibility index (Phi) is 3.70. The van der Waals surface area contributed by atoms with Gasteiger partial charge >= 0.3 is 0 Å². The fraction of sp³-hybridized carbons (Fsp3) is 0.700. The van der Waals surface area contributed by atoms with Crippen LogP contribution in [0.5, 0.6) is 11.5 Å². The molecule has 0 radical (unpaired) electrons. The molecule has 1 unspecified atom stereocenters. The van der Waals surface area contributed by atoms with Gasteiger partial charge in [0.15, 0.2) is 0 Å². The van der Waals surface area contributed by atoms with E-state index in [1.807, 2.05) is 6.07 Å². The number of hydrogen-bond acceptors (Lipinski definition) is 2. The van der Waals surface area contributed by atoms with Crippen molar-refractivity contribution in [2.45, 2.75) is 78.2 Å². The van der Waals surface area contributed by atoms with Crippen molar-refractivity contribution < 1.29 is 9.84 Å². The number of phenols is 1. The smallest absolute Gasteiger partial charge is 0.127 e. The quantitative estimate of drug-likeness (QED) is 0.789. The van der Waals surface area contributed by atoms with E-state index < -0.39 is 0 Å². The van der Waals surface area contributed by atoms with E-state index in [-0.39, 0.29) is 11.0 Å². The Morgan fingerprint density at radius 3 is 2.68 bits per heavy atom. The molecule has 122 valence electrons. The number of rotatable bonds is 2. The van der Waals surface area contributed by atoms with Crippen LogP contribution in [0.2, 0.25) is 0 Å². The van der Waals surface area contributed by atoms with Gasteiger partial charge in [0.2, 0.25) is 0 Å². The third-order valence-electron chi connectivity index (χ3n) is 6.37. The van der Waals surface area contributed by atoms with Crippen molar-refractivity contribution in [2.24, 2.45) is 11.3 Å². The highest BCUT2D eigenvalue weighted by Gasteiger charge is 2.55. The second-order valence-electron chi connectivity index (χ2n) is 8.24. The van der Waals surface area contributed by atoms with E-state index in [9.17, 15) is 5.11 Å². The van der Waals surface area contributed by atoms with Crippen LogP contribution in [0.4, 0.5) is 0 Å². The third kappa shape index (κ3) is 2.23. The Balaban J connectivity index is 2.13. The average molecular weight is 302 g/mol. The van der Waals surface area contributed by atoms with Gasteiger partial charge < -0.3 is 9.84 Å². The molecule has 2 aliphatic rings. The molecule has 1 aromatic rings. The van der Waals surface area contributed by atoms with Gasteiger partial charge in [-0.2, -0.15) is 0 Å². The van der Waals surface area contributed by atoms with Gasteiger partial charge in [0.25, 0.3) is 0 Å². The summed E-state index contributed by atoms with van der Waals surface area (Å²) >= 11 is 0. The van der Waals surface area contributed by atoms with Gasteiger partial charge in [-0.25, -0.2) is 0 Å². The van der Waals surface area contributed by atoms with E-state index in [2.05, 4.69) is 40.7 Å². The molecule has 1 aliphatic carbocycles. The molecule has 1 N–H and O–H groups in total. The first-order chi connectivity index (χ1) is 10.3.